The third-order valence-corrected chi connectivity index (χ3v) is 5.92. The number of aliphatic hydroxyl groups is 1. The van der Waals surface area contributed by atoms with Crippen molar-refractivity contribution in [2.75, 3.05) is 0 Å². The second kappa shape index (κ2) is 4.23. The fourth-order valence-electron chi connectivity index (χ4n) is 4.92. The van der Waals surface area contributed by atoms with E-state index in [1.165, 1.54) is 22.3 Å². The van der Waals surface area contributed by atoms with Gasteiger partial charge in [0.1, 0.15) is 5.75 Å². The van der Waals surface area contributed by atoms with Crippen LogP contribution in [-0.2, 0) is 6.42 Å². The Bertz CT molecular complexity index is 670. The maximum atomic E-state index is 10.3. The summed E-state index contributed by atoms with van der Waals surface area (Å²) in [6.45, 7) is 6.52. The van der Waals surface area contributed by atoms with Gasteiger partial charge < -0.3 is 10.2 Å². The van der Waals surface area contributed by atoms with E-state index in [2.05, 4.69) is 19.6 Å². The molecule has 2 N–H and O–H groups in total. The Morgan fingerprint density at radius 1 is 1.24 bits per heavy atom. The van der Waals surface area contributed by atoms with Gasteiger partial charge in [0.25, 0.3) is 0 Å². The van der Waals surface area contributed by atoms with Gasteiger partial charge in [-0.25, -0.2) is 0 Å². The van der Waals surface area contributed by atoms with Gasteiger partial charge in [0.15, 0.2) is 0 Å². The number of aryl methyl sites for hydroxylation is 1. The number of aliphatic hydroxyl groups excluding tert-OH is 1. The Morgan fingerprint density at radius 2 is 2.05 bits per heavy atom. The highest BCUT2D eigenvalue weighted by atomic mass is 16.3. The highest BCUT2D eigenvalue weighted by Gasteiger charge is 2.50. The van der Waals surface area contributed by atoms with Crippen molar-refractivity contribution in [1.82, 2.24) is 0 Å². The average molecular weight is 282 g/mol. The Balaban J connectivity index is 1.86. The first-order valence-electron chi connectivity index (χ1n) is 7.90. The smallest absolute Gasteiger partial charge is 0.115 e. The van der Waals surface area contributed by atoms with E-state index in [1.54, 1.807) is 6.07 Å². The lowest BCUT2D eigenvalue weighted by Crippen LogP contribution is -2.30. The van der Waals surface area contributed by atoms with Crippen LogP contribution in [0.5, 0.6) is 5.75 Å². The largest absolute Gasteiger partial charge is 0.508 e. The van der Waals surface area contributed by atoms with Crippen molar-refractivity contribution in [1.29, 1.82) is 0 Å². The number of allylic oxidation sites excluding steroid dienone is 2. The molecule has 0 saturated heterocycles. The second-order valence-corrected chi connectivity index (χ2v) is 7.23. The van der Waals surface area contributed by atoms with Crippen molar-refractivity contribution in [3.8, 4) is 5.75 Å². The van der Waals surface area contributed by atoms with Crippen LogP contribution in [0.15, 0.2) is 35.9 Å². The molecule has 2 heteroatoms. The molecular weight excluding hydrogens is 260 g/mol. The van der Waals surface area contributed by atoms with Crippen LogP contribution in [0.4, 0.5) is 0 Å². The summed E-state index contributed by atoms with van der Waals surface area (Å²) in [6.07, 6.45) is 4.74. The molecule has 4 rings (SSSR count). The van der Waals surface area contributed by atoms with Crippen LogP contribution in [0.1, 0.15) is 43.7 Å². The van der Waals surface area contributed by atoms with Crippen molar-refractivity contribution >= 4 is 5.57 Å². The molecule has 1 fully saturated rings. The van der Waals surface area contributed by atoms with E-state index in [4.69, 9.17) is 0 Å². The summed E-state index contributed by atoms with van der Waals surface area (Å²) in [4.78, 5) is 0. The zero-order chi connectivity index (χ0) is 14.8. The van der Waals surface area contributed by atoms with E-state index < -0.39 is 0 Å². The quantitative estimate of drug-likeness (QED) is 0.710. The minimum absolute atomic E-state index is 0.184. The van der Waals surface area contributed by atoms with Crippen molar-refractivity contribution in [3.63, 3.8) is 0 Å². The lowest BCUT2D eigenvalue weighted by molar-refractivity contribution is 0.167. The molecule has 0 spiro atoms. The van der Waals surface area contributed by atoms with Gasteiger partial charge in [0.05, 0.1) is 6.10 Å². The third kappa shape index (κ3) is 1.75. The average Bonchev–Trinajstić information content (AvgIpc) is 2.68. The molecule has 0 aromatic heterocycles. The molecule has 1 aromatic carbocycles. The molecule has 110 valence electrons. The van der Waals surface area contributed by atoms with E-state index in [0.29, 0.717) is 11.7 Å². The topological polar surface area (TPSA) is 40.5 Å². The number of hydrogen-bond acceptors (Lipinski definition) is 2. The minimum Gasteiger partial charge on any atom is -0.508 e. The molecule has 3 aliphatic carbocycles. The molecule has 0 amide bonds. The molecule has 3 atom stereocenters. The number of fused-ring (bicyclic) bond motifs is 4. The van der Waals surface area contributed by atoms with E-state index in [-0.39, 0.29) is 11.5 Å². The van der Waals surface area contributed by atoms with Gasteiger partial charge >= 0.3 is 0 Å². The molecule has 1 saturated carbocycles. The van der Waals surface area contributed by atoms with Gasteiger partial charge in [-0.3, -0.25) is 0 Å². The summed E-state index contributed by atoms with van der Waals surface area (Å²) in [5.41, 5.74) is 6.74. The molecule has 21 heavy (non-hydrogen) atoms. The summed E-state index contributed by atoms with van der Waals surface area (Å²) in [6, 6.07) is 5.77. The first-order valence-corrected chi connectivity index (χ1v) is 7.90. The fraction of sp³-hybridized carbons (Fsp3) is 0.474. The zero-order valence-corrected chi connectivity index (χ0v) is 12.5. The molecule has 0 aliphatic heterocycles. The predicted molar refractivity (Wildman–Crippen MR) is 83.9 cm³/mol. The van der Waals surface area contributed by atoms with Crippen molar-refractivity contribution in [2.45, 2.75) is 45.1 Å². The Hall–Kier alpha value is -1.54. The van der Waals surface area contributed by atoms with Crippen LogP contribution in [0.25, 0.3) is 5.57 Å². The molecule has 1 aromatic rings. The van der Waals surface area contributed by atoms with E-state index in [9.17, 15) is 10.2 Å². The lowest BCUT2D eigenvalue weighted by Gasteiger charge is -2.42. The van der Waals surface area contributed by atoms with Crippen molar-refractivity contribution in [3.05, 3.63) is 47.1 Å². The molecule has 2 nitrogen and oxygen atoms in total. The molecule has 0 radical (unpaired) electrons. The standard InChI is InChI=1S/C19H22O2/c1-11-17(21)10-19(2)8-7-15-14-6-4-13(20)9-12(14)3-5-16(15)18(11)19/h4,6,9,17-18,20-21H,1,3,5,7-8,10H2,2H3/t17-,18?,19-/m1/s1. The van der Waals surface area contributed by atoms with Gasteiger partial charge in [-0.1, -0.05) is 25.1 Å². The van der Waals surface area contributed by atoms with Gasteiger partial charge in [-0.15, -0.1) is 0 Å². The zero-order valence-electron chi connectivity index (χ0n) is 12.5. The summed E-state index contributed by atoms with van der Waals surface area (Å²) in [5.74, 6) is 0.706. The Labute approximate surface area is 125 Å². The van der Waals surface area contributed by atoms with Crippen LogP contribution < -0.4 is 0 Å². The van der Waals surface area contributed by atoms with E-state index in [0.717, 1.165) is 37.7 Å². The number of hydrogen-bond donors (Lipinski definition) is 2. The Kier molecular flexibility index (Phi) is 2.65. The second-order valence-electron chi connectivity index (χ2n) is 7.23. The number of phenols is 1. The first-order chi connectivity index (χ1) is 9.99. The number of rotatable bonds is 0. The molecule has 3 aliphatic rings. The molecule has 0 bridgehead atoms. The molecule has 1 unspecified atom stereocenters. The summed E-state index contributed by atoms with van der Waals surface area (Å²) in [7, 11) is 0. The normalized spacial score (nSPS) is 34.5. The fourth-order valence-corrected chi connectivity index (χ4v) is 4.92. The van der Waals surface area contributed by atoms with Gasteiger partial charge in [0, 0.05) is 5.92 Å². The van der Waals surface area contributed by atoms with Crippen LogP contribution >= 0.6 is 0 Å². The Morgan fingerprint density at radius 3 is 2.86 bits per heavy atom. The maximum Gasteiger partial charge on any atom is 0.115 e. The first kappa shape index (κ1) is 13.1. The van der Waals surface area contributed by atoms with E-state index in [1.807, 2.05) is 6.07 Å². The van der Waals surface area contributed by atoms with Gasteiger partial charge in [0.2, 0.25) is 0 Å². The highest BCUT2D eigenvalue weighted by Crippen LogP contribution is 2.59. The minimum atomic E-state index is -0.340. The number of aromatic hydroxyl groups is 1. The summed E-state index contributed by atoms with van der Waals surface area (Å²) in [5, 5.41) is 19.9. The number of benzene rings is 1. The summed E-state index contributed by atoms with van der Waals surface area (Å²) >= 11 is 0. The van der Waals surface area contributed by atoms with Crippen LogP contribution in [0.2, 0.25) is 0 Å². The van der Waals surface area contributed by atoms with Gasteiger partial charge in [-0.2, -0.15) is 0 Å². The third-order valence-electron chi connectivity index (χ3n) is 5.92. The molecule has 0 heterocycles. The maximum absolute atomic E-state index is 10.3. The lowest BCUT2D eigenvalue weighted by atomic mass is 9.62. The van der Waals surface area contributed by atoms with Crippen LogP contribution in [0.3, 0.4) is 0 Å². The van der Waals surface area contributed by atoms with Crippen LogP contribution in [-0.4, -0.2) is 16.3 Å². The van der Waals surface area contributed by atoms with Crippen molar-refractivity contribution in [2.24, 2.45) is 11.3 Å². The molecular formula is C19H22O2. The highest BCUT2D eigenvalue weighted by molar-refractivity contribution is 5.76. The predicted octanol–water partition coefficient (Wildman–Crippen LogP) is 3.83. The number of phenolic OH excluding ortho intramolecular Hbond substituents is 1. The van der Waals surface area contributed by atoms with Crippen LogP contribution in [0, 0.1) is 11.3 Å². The summed E-state index contributed by atoms with van der Waals surface area (Å²) < 4.78 is 0. The monoisotopic (exact) mass is 282 g/mol. The SMILES string of the molecule is C=C1C2C3=C(CC[C@]2(C)C[C@H]1O)c1ccc(O)cc1CC3. The van der Waals surface area contributed by atoms with Gasteiger partial charge in [-0.05, 0) is 71.9 Å². The van der Waals surface area contributed by atoms with E-state index >= 15 is 0 Å². The van der Waals surface area contributed by atoms with Crippen molar-refractivity contribution < 1.29 is 10.2 Å².